The Labute approximate surface area is 201 Å². The molecule has 1 saturated heterocycles. The molecular formula is C24H26FN5O3S. The van der Waals surface area contributed by atoms with Crippen LogP contribution in [0, 0.1) is 11.7 Å². The van der Waals surface area contributed by atoms with E-state index in [1.54, 1.807) is 4.90 Å². The van der Waals surface area contributed by atoms with Crippen LogP contribution in [-0.2, 0) is 11.3 Å². The van der Waals surface area contributed by atoms with Crippen LogP contribution in [0.3, 0.4) is 0 Å². The van der Waals surface area contributed by atoms with Crippen LogP contribution in [0.25, 0.3) is 10.6 Å². The fourth-order valence-electron chi connectivity index (χ4n) is 3.63. The number of hydrogen-bond acceptors (Lipinski definition) is 6. The summed E-state index contributed by atoms with van der Waals surface area (Å²) >= 11 is 1.33. The van der Waals surface area contributed by atoms with Crippen LogP contribution in [0.15, 0.2) is 48.5 Å². The Bertz CT molecular complexity index is 1130. The van der Waals surface area contributed by atoms with Crippen molar-refractivity contribution >= 4 is 34.2 Å². The van der Waals surface area contributed by atoms with Gasteiger partial charge in [0, 0.05) is 37.4 Å². The number of halogens is 1. The van der Waals surface area contributed by atoms with Gasteiger partial charge in [-0.3, -0.25) is 14.6 Å². The second-order valence-corrected chi connectivity index (χ2v) is 9.21. The second-order valence-electron chi connectivity index (χ2n) is 8.26. The normalized spacial score (nSPS) is 13.9. The van der Waals surface area contributed by atoms with Crippen molar-refractivity contribution in [1.82, 2.24) is 15.1 Å². The monoisotopic (exact) mass is 483 g/mol. The predicted octanol–water partition coefficient (Wildman–Crippen LogP) is 4.70. The minimum atomic E-state index is -0.738. The van der Waals surface area contributed by atoms with E-state index in [-0.39, 0.29) is 17.8 Å². The highest BCUT2D eigenvalue weighted by Crippen LogP contribution is 2.30. The first-order chi connectivity index (χ1) is 16.4. The van der Waals surface area contributed by atoms with Crippen LogP contribution in [0.2, 0.25) is 0 Å². The number of carbonyl (C=O) groups is 2. The molecule has 1 aromatic heterocycles. The zero-order valence-corrected chi connectivity index (χ0v) is 19.6. The average molecular weight is 484 g/mol. The molecule has 178 valence electrons. The zero-order chi connectivity index (χ0) is 24.1. The molecule has 10 heteroatoms. The molecule has 8 nitrogen and oxygen atoms in total. The number of urea groups is 1. The van der Waals surface area contributed by atoms with Gasteiger partial charge in [-0.25, -0.2) is 9.18 Å². The molecule has 0 bridgehead atoms. The zero-order valence-electron chi connectivity index (χ0n) is 18.8. The van der Waals surface area contributed by atoms with Crippen LogP contribution in [-0.4, -0.2) is 51.8 Å². The number of carboxylic acid groups (broad SMARTS) is 1. The van der Waals surface area contributed by atoms with Crippen LogP contribution in [0.5, 0.6) is 0 Å². The Morgan fingerprint density at radius 1 is 1.15 bits per heavy atom. The smallest absolute Gasteiger partial charge is 0.328 e. The molecule has 2 heterocycles. The van der Waals surface area contributed by atoms with E-state index in [0.717, 1.165) is 24.0 Å². The van der Waals surface area contributed by atoms with E-state index >= 15 is 0 Å². The van der Waals surface area contributed by atoms with E-state index in [2.05, 4.69) is 20.4 Å². The van der Waals surface area contributed by atoms with E-state index < -0.39 is 5.97 Å². The molecule has 2 amide bonds. The molecule has 0 spiro atoms. The third kappa shape index (κ3) is 5.75. The molecule has 0 atom stereocenters. The quantitative estimate of drug-likeness (QED) is 0.458. The first-order valence-corrected chi connectivity index (χ1v) is 12.0. The summed E-state index contributed by atoms with van der Waals surface area (Å²) in [6.07, 6.45) is 1.72. The second kappa shape index (κ2) is 10.7. The summed E-state index contributed by atoms with van der Waals surface area (Å²) in [6.45, 7) is 4.39. The van der Waals surface area contributed by atoms with Crippen molar-refractivity contribution in [3.8, 4) is 10.6 Å². The van der Waals surface area contributed by atoms with Crippen LogP contribution in [0.1, 0.15) is 25.3 Å². The number of hydrogen-bond donors (Lipinski definition) is 2. The van der Waals surface area contributed by atoms with E-state index in [9.17, 15) is 14.0 Å². The molecule has 34 heavy (non-hydrogen) atoms. The van der Waals surface area contributed by atoms with E-state index in [4.69, 9.17) is 5.11 Å². The number of anilines is 2. The Balaban J connectivity index is 1.42. The maximum absolute atomic E-state index is 13.2. The molecule has 4 rings (SSSR count). The molecule has 0 aliphatic carbocycles. The van der Waals surface area contributed by atoms with Crippen LogP contribution < -0.4 is 10.2 Å². The molecule has 1 aliphatic rings. The summed E-state index contributed by atoms with van der Waals surface area (Å²) in [4.78, 5) is 27.5. The number of amides is 2. The van der Waals surface area contributed by atoms with Gasteiger partial charge in [0.25, 0.3) is 0 Å². The minimum Gasteiger partial charge on any atom is -0.481 e. The Morgan fingerprint density at radius 3 is 2.50 bits per heavy atom. The molecule has 1 aliphatic heterocycles. The van der Waals surface area contributed by atoms with Gasteiger partial charge < -0.3 is 10.4 Å². The van der Waals surface area contributed by atoms with Crippen LogP contribution in [0.4, 0.5) is 20.0 Å². The summed E-state index contributed by atoms with van der Waals surface area (Å²) in [5.41, 5.74) is 2.50. The summed E-state index contributed by atoms with van der Waals surface area (Å²) in [5, 5.41) is 21.5. The maximum atomic E-state index is 13.2. The molecule has 2 N–H and O–H groups in total. The molecule has 0 radical (unpaired) electrons. The lowest BCUT2D eigenvalue weighted by Crippen LogP contribution is -2.49. The van der Waals surface area contributed by atoms with E-state index in [0.29, 0.717) is 42.0 Å². The summed E-state index contributed by atoms with van der Waals surface area (Å²) in [7, 11) is 0. The highest BCUT2D eigenvalue weighted by molar-refractivity contribution is 7.18. The highest BCUT2D eigenvalue weighted by Gasteiger charge is 2.32. The fraction of sp³-hybridized carbons (Fsp3) is 0.333. The molecule has 0 unspecified atom stereocenters. The molecule has 3 aromatic rings. The number of carboxylic acids is 1. The summed E-state index contributed by atoms with van der Waals surface area (Å²) in [5.74, 6) is -1.37. The van der Waals surface area contributed by atoms with E-state index in [1.165, 1.54) is 35.6 Å². The van der Waals surface area contributed by atoms with Crippen molar-refractivity contribution in [1.29, 1.82) is 0 Å². The Hall–Kier alpha value is -3.37. The van der Waals surface area contributed by atoms with Crippen LogP contribution >= 0.6 is 11.3 Å². The number of nitrogens with one attached hydrogen (secondary N) is 1. The average Bonchev–Trinajstić information content (AvgIpc) is 3.28. The first kappa shape index (κ1) is 23.8. The standard InChI is InChI=1S/C24H26FN5O3S/c1-2-3-12-30(23(33)26-20-10-8-19(25)9-11-20)24-28-27-21(34-24)17-6-4-16(5-7-17)13-29-14-18(15-29)22(31)32/h4-11,18H,2-3,12-15H2,1H3,(H,26,33)(H,31,32). The van der Waals surface area contributed by atoms with Gasteiger partial charge in [0.2, 0.25) is 5.13 Å². The molecule has 1 fully saturated rings. The largest absolute Gasteiger partial charge is 0.481 e. The number of likely N-dealkylation sites (tertiary alicyclic amines) is 1. The van der Waals surface area contributed by atoms with Gasteiger partial charge >= 0.3 is 12.0 Å². The molecule has 2 aromatic carbocycles. The number of unbranched alkanes of at least 4 members (excludes halogenated alkanes) is 1. The number of aromatic nitrogens is 2. The first-order valence-electron chi connectivity index (χ1n) is 11.1. The van der Waals surface area contributed by atoms with Crippen molar-refractivity contribution in [3.05, 3.63) is 59.9 Å². The third-order valence-electron chi connectivity index (χ3n) is 5.63. The van der Waals surface area contributed by atoms with Crippen molar-refractivity contribution in [2.75, 3.05) is 29.9 Å². The fourth-order valence-corrected chi connectivity index (χ4v) is 4.51. The Kier molecular flexibility index (Phi) is 7.49. The SMILES string of the molecule is CCCCN(C(=O)Nc1ccc(F)cc1)c1nnc(-c2ccc(CN3CC(C(=O)O)C3)cc2)s1. The third-order valence-corrected chi connectivity index (χ3v) is 6.63. The van der Waals surface area contributed by atoms with Gasteiger partial charge in [-0.15, -0.1) is 10.2 Å². The predicted molar refractivity (Wildman–Crippen MR) is 129 cm³/mol. The number of aliphatic carboxylic acids is 1. The molecular weight excluding hydrogens is 457 g/mol. The summed E-state index contributed by atoms with van der Waals surface area (Å²) < 4.78 is 13.2. The van der Waals surface area contributed by atoms with Crippen molar-refractivity contribution in [2.45, 2.75) is 26.3 Å². The van der Waals surface area contributed by atoms with Gasteiger partial charge in [0.15, 0.2) is 0 Å². The van der Waals surface area contributed by atoms with Crippen molar-refractivity contribution < 1.29 is 19.1 Å². The Morgan fingerprint density at radius 2 is 1.85 bits per heavy atom. The lowest BCUT2D eigenvalue weighted by molar-refractivity contribution is -0.147. The lowest BCUT2D eigenvalue weighted by atomic mass is 9.99. The van der Waals surface area contributed by atoms with Crippen molar-refractivity contribution in [2.24, 2.45) is 5.92 Å². The summed E-state index contributed by atoms with van der Waals surface area (Å²) in [6, 6.07) is 13.2. The van der Waals surface area contributed by atoms with Gasteiger partial charge in [-0.2, -0.15) is 0 Å². The topological polar surface area (TPSA) is 98.7 Å². The lowest BCUT2D eigenvalue weighted by Gasteiger charge is -2.36. The maximum Gasteiger partial charge on any atom is 0.328 e. The van der Waals surface area contributed by atoms with Crippen molar-refractivity contribution in [3.63, 3.8) is 0 Å². The van der Waals surface area contributed by atoms with E-state index in [1.807, 2.05) is 31.2 Å². The number of carbonyl (C=O) groups excluding carboxylic acids is 1. The highest BCUT2D eigenvalue weighted by atomic mass is 32.1. The number of benzene rings is 2. The van der Waals surface area contributed by atoms with Gasteiger partial charge in [-0.1, -0.05) is 48.9 Å². The number of rotatable bonds is 9. The van der Waals surface area contributed by atoms with Gasteiger partial charge in [-0.05, 0) is 36.2 Å². The van der Waals surface area contributed by atoms with Gasteiger partial charge in [0.05, 0.1) is 5.92 Å². The van der Waals surface area contributed by atoms with Gasteiger partial charge in [0.1, 0.15) is 10.8 Å². The number of nitrogens with zero attached hydrogens (tertiary/aromatic N) is 4. The molecule has 0 saturated carbocycles. The minimum absolute atomic E-state index is 0.269.